The van der Waals surface area contributed by atoms with Crippen molar-refractivity contribution in [2.24, 2.45) is 0 Å². The average molecular weight is 350 g/mol. The van der Waals surface area contributed by atoms with Gasteiger partial charge in [-0.3, -0.25) is 9.59 Å². The number of rotatable bonds is 10. The van der Waals surface area contributed by atoms with Crippen molar-refractivity contribution in [3.05, 3.63) is 84.4 Å². The molecule has 0 saturated carbocycles. The minimum atomic E-state index is -0.0662. The molecule has 2 rings (SSSR count). The predicted octanol–water partition coefficient (Wildman–Crippen LogP) is 2.99. The van der Waals surface area contributed by atoms with Crippen LogP contribution in [0.25, 0.3) is 0 Å². The normalized spacial score (nSPS) is 10.2. The molecule has 0 spiro atoms. The Morgan fingerprint density at radius 3 is 2.19 bits per heavy atom. The highest BCUT2D eigenvalue weighted by molar-refractivity contribution is 5.80. The van der Waals surface area contributed by atoms with Crippen LogP contribution in [-0.4, -0.2) is 36.3 Å². The Hall–Kier alpha value is -2.88. The van der Waals surface area contributed by atoms with Gasteiger partial charge in [-0.15, -0.1) is 6.58 Å². The molecule has 136 valence electrons. The minimum absolute atomic E-state index is 0.0286. The average Bonchev–Trinajstić information content (AvgIpc) is 2.66. The van der Waals surface area contributed by atoms with Crippen molar-refractivity contribution < 1.29 is 9.59 Å². The van der Waals surface area contributed by atoms with E-state index in [0.29, 0.717) is 32.5 Å². The second-order valence-corrected chi connectivity index (χ2v) is 6.13. The summed E-state index contributed by atoms with van der Waals surface area (Å²) in [7, 11) is 0. The maximum atomic E-state index is 12.4. The standard InChI is InChI=1S/C22H26N2O2/c1-2-16-24(17-14-19-9-5-3-6-10-19)22(26)13-15-23-21(25)18-20-11-7-4-8-12-20/h2-12H,1,13-18H2,(H,23,25). The van der Waals surface area contributed by atoms with Crippen molar-refractivity contribution in [2.75, 3.05) is 19.6 Å². The first-order chi connectivity index (χ1) is 12.7. The Morgan fingerprint density at radius 2 is 1.58 bits per heavy atom. The lowest BCUT2D eigenvalue weighted by Crippen LogP contribution is -2.36. The van der Waals surface area contributed by atoms with Crippen molar-refractivity contribution >= 4 is 11.8 Å². The molecule has 2 aromatic rings. The van der Waals surface area contributed by atoms with Gasteiger partial charge in [0.05, 0.1) is 6.42 Å². The van der Waals surface area contributed by atoms with Gasteiger partial charge in [0.25, 0.3) is 0 Å². The third-order valence-corrected chi connectivity index (χ3v) is 4.08. The third-order valence-electron chi connectivity index (χ3n) is 4.08. The highest BCUT2D eigenvalue weighted by Gasteiger charge is 2.12. The van der Waals surface area contributed by atoms with Gasteiger partial charge in [-0.25, -0.2) is 0 Å². The first-order valence-corrected chi connectivity index (χ1v) is 8.92. The van der Waals surface area contributed by atoms with Crippen LogP contribution in [0.1, 0.15) is 17.5 Å². The summed E-state index contributed by atoms with van der Waals surface area (Å²) in [4.78, 5) is 26.2. The number of nitrogens with zero attached hydrogens (tertiary/aromatic N) is 1. The number of benzene rings is 2. The van der Waals surface area contributed by atoms with Crippen LogP contribution in [0.15, 0.2) is 73.3 Å². The molecule has 1 N–H and O–H groups in total. The van der Waals surface area contributed by atoms with Crippen LogP contribution in [0.2, 0.25) is 0 Å². The van der Waals surface area contributed by atoms with Gasteiger partial charge in [0, 0.05) is 26.1 Å². The smallest absolute Gasteiger partial charge is 0.224 e. The van der Waals surface area contributed by atoms with E-state index < -0.39 is 0 Å². The monoisotopic (exact) mass is 350 g/mol. The van der Waals surface area contributed by atoms with Gasteiger partial charge >= 0.3 is 0 Å². The van der Waals surface area contributed by atoms with Gasteiger partial charge < -0.3 is 10.2 Å². The Balaban J connectivity index is 1.74. The van der Waals surface area contributed by atoms with Crippen molar-refractivity contribution in [1.29, 1.82) is 0 Å². The fourth-order valence-electron chi connectivity index (χ4n) is 2.69. The largest absolute Gasteiger partial charge is 0.355 e. The van der Waals surface area contributed by atoms with Gasteiger partial charge in [0.1, 0.15) is 0 Å². The molecule has 2 aromatic carbocycles. The quantitative estimate of drug-likeness (QED) is 0.670. The molecule has 0 fully saturated rings. The lowest BCUT2D eigenvalue weighted by Gasteiger charge is -2.21. The molecule has 0 unspecified atom stereocenters. The highest BCUT2D eigenvalue weighted by Crippen LogP contribution is 2.03. The van der Waals surface area contributed by atoms with Crippen molar-refractivity contribution in [1.82, 2.24) is 10.2 Å². The summed E-state index contributed by atoms with van der Waals surface area (Å²) in [5.41, 5.74) is 2.16. The Labute approximate surface area is 155 Å². The first-order valence-electron chi connectivity index (χ1n) is 8.92. The zero-order valence-electron chi connectivity index (χ0n) is 15.1. The SMILES string of the molecule is C=CCN(CCc1ccccc1)C(=O)CCNC(=O)Cc1ccccc1. The second kappa shape index (κ2) is 10.9. The van der Waals surface area contributed by atoms with Gasteiger partial charge in [0.15, 0.2) is 0 Å². The van der Waals surface area contributed by atoms with Crippen LogP contribution in [-0.2, 0) is 22.4 Å². The molecule has 0 radical (unpaired) electrons. The lowest BCUT2D eigenvalue weighted by molar-refractivity contribution is -0.130. The van der Waals surface area contributed by atoms with E-state index in [9.17, 15) is 9.59 Å². The highest BCUT2D eigenvalue weighted by atomic mass is 16.2. The molecule has 0 bridgehead atoms. The van der Waals surface area contributed by atoms with Gasteiger partial charge in [-0.1, -0.05) is 66.7 Å². The van der Waals surface area contributed by atoms with E-state index in [1.54, 1.807) is 11.0 Å². The van der Waals surface area contributed by atoms with Gasteiger partial charge in [0.2, 0.25) is 11.8 Å². The molecule has 0 saturated heterocycles. The van der Waals surface area contributed by atoms with E-state index >= 15 is 0 Å². The zero-order chi connectivity index (χ0) is 18.6. The molecular weight excluding hydrogens is 324 g/mol. The summed E-state index contributed by atoms with van der Waals surface area (Å²) in [6, 6.07) is 19.7. The fourth-order valence-corrected chi connectivity index (χ4v) is 2.69. The molecule has 26 heavy (non-hydrogen) atoms. The second-order valence-electron chi connectivity index (χ2n) is 6.13. The molecular formula is C22H26N2O2. The van der Waals surface area contributed by atoms with Crippen LogP contribution in [0, 0.1) is 0 Å². The Morgan fingerprint density at radius 1 is 0.962 bits per heavy atom. The maximum Gasteiger partial charge on any atom is 0.224 e. The number of amides is 2. The summed E-state index contributed by atoms with van der Waals surface area (Å²) in [5.74, 6) is -0.0376. The molecule has 0 heterocycles. The summed E-state index contributed by atoms with van der Waals surface area (Å²) in [6.07, 6.45) is 3.17. The summed E-state index contributed by atoms with van der Waals surface area (Å²) in [5, 5.41) is 2.82. The molecule has 0 aliphatic carbocycles. The van der Waals surface area contributed by atoms with Crippen LogP contribution < -0.4 is 5.32 Å². The molecule has 2 amide bonds. The first kappa shape index (κ1) is 19.4. The number of hydrogen-bond donors (Lipinski definition) is 1. The molecule has 4 nitrogen and oxygen atoms in total. The van der Waals surface area contributed by atoms with Crippen LogP contribution in [0.3, 0.4) is 0 Å². The molecule has 0 aliphatic heterocycles. The third kappa shape index (κ3) is 6.93. The maximum absolute atomic E-state index is 12.4. The minimum Gasteiger partial charge on any atom is -0.355 e. The number of carbonyl (C=O) groups is 2. The van der Waals surface area contributed by atoms with E-state index in [0.717, 1.165) is 12.0 Å². The van der Waals surface area contributed by atoms with E-state index in [4.69, 9.17) is 0 Å². The van der Waals surface area contributed by atoms with Gasteiger partial charge in [-0.2, -0.15) is 0 Å². The molecule has 0 aliphatic rings. The van der Waals surface area contributed by atoms with Gasteiger partial charge in [-0.05, 0) is 17.5 Å². The van der Waals surface area contributed by atoms with Crippen LogP contribution in [0.5, 0.6) is 0 Å². The van der Waals surface area contributed by atoms with E-state index in [1.807, 2.05) is 48.5 Å². The fraction of sp³-hybridized carbons (Fsp3) is 0.273. The van der Waals surface area contributed by atoms with Crippen LogP contribution in [0.4, 0.5) is 0 Å². The Kier molecular flexibility index (Phi) is 8.13. The lowest BCUT2D eigenvalue weighted by atomic mass is 10.1. The molecule has 0 atom stereocenters. The van der Waals surface area contributed by atoms with E-state index in [2.05, 4.69) is 24.0 Å². The van der Waals surface area contributed by atoms with Crippen molar-refractivity contribution in [3.63, 3.8) is 0 Å². The predicted molar refractivity (Wildman–Crippen MR) is 105 cm³/mol. The van der Waals surface area contributed by atoms with Crippen molar-refractivity contribution in [2.45, 2.75) is 19.3 Å². The zero-order valence-corrected chi connectivity index (χ0v) is 15.1. The van der Waals surface area contributed by atoms with Crippen molar-refractivity contribution in [3.8, 4) is 0 Å². The summed E-state index contributed by atoms with van der Waals surface area (Å²) >= 11 is 0. The summed E-state index contributed by atoms with van der Waals surface area (Å²) < 4.78 is 0. The number of carbonyl (C=O) groups excluding carboxylic acids is 2. The van der Waals surface area contributed by atoms with E-state index in [1.165, 1.54) is 5.56 Å². The van der Waals surface area contributed by atoms with Crippen LogP contribution >= 0.6 is 0 Å². The Bertz CT molecular complexity index is 699. The van der Waals surface area contributed by atoms with E-state index in [-0.39, 0.29) is 11.8 Å². The number of hydrogen-bond acceptors (Lipinski definition) is 2. The topological polar surface area (TPSA) is 49.4 Å². The summed E-state index contributed by atoms with van der Waals surface area (Å²) in [6.45, 7) is 5.24. The molecule has 0 aromatic heterocycles. The number of nitrogens with one attached hydrogen (secondary N) is 1. The molecule has 4 heteroatoms.